The molecule has 26 heavy (non-hydrogen) atoms. The van der Waals surface area contributed by atoms with Gasteiger partial charge in [0.1, 0.15) is 0 Å². The van der Waals surface area contributed by atoms with Crippen molar-refractivity contribution in [1.29, 1.82) is 0 Å². The summed E-state index contributed by atoms with van der Waals surface area (Å²) >= 11 is 7.23. The van der Waals surface area contributed by atoms with Crippen LogP contribution in [0, 0.1) is 0 Å². The van der Waals surface area contributed by atoms with Gasteiger partial charge in [-0.05, 0) is 43.3 Å². The van der Waals surface area contributed by atoms with Crippen LogP contribution in [0.15, 0.2) is 47.6 Å². The average molecular weight is 390 g/mol. The second-order valence-corrected chi connectivity index (χ2v) is 6.74. The van der Waals surface area contributed by atoms with Crippen LogP contribution in [-0.2, 0) is 9.53 Å². The third-order valence-electron chi connectivity index (χ3n) is 3.42. The lowest BCUT2D eigenvalue weighted by Crippen LogP contribution is -2.14. The monoisotopic (exact) mass is 389 g/mol. The predicted octanol–water partition coefficient (Wildman–Crippen LogP) is 4.12. The van der Waals surface area contributed by atoms with E-state index in [4.69, 9.17) is 16.3 Å². The number of esters is 1. The molecular formula is C18H16ClN3O3S. The Hall–Kier alpha value is -2.51. The number of carbonyl (C=O) groups excluding carboxylic acids is 2. The van der Waals surface area contributed by atoms with Crippen LogP contribution in [-0.4, -0.2) is 34.2 Å². The highest BCUT2D eigenvalue weighted by Gasteiger charge is 2.10. The van der Waals surface area contributed by atoms with E-state index in [1.54, 1.807) is 43.3 Å². The molecule has 0 aliphatic carbocycles. The van der Waals surface area contributed by atoms with Gasteiger partial charge in [-0.2, -0.15) is 0 Å². The zero-order valence-corrected chi connectivity index (χ0v) is 15.5. The number of rotatable bonds is 6. The summed E-state index contributed by atoms with van der Waals surface area (Å²) in [6.45, 7) is 2.04. The van der Waals surface area contributed by atoms with E-state index in [0.29, 0.717) is 28.0 Å². The van der Waals surface area contributed by atoms with Crippen molar-refractivity contribution in [3.63, 3.8) is 0 Å². The summed E-state index contributed by atoms with van der Waals surface area (Å²) in [5, 5.41) is 4.02. The number of amides is 1. The number of aromatic amines is 1. The van der Waals surface area contributed by atoms with Crippen LogP contribution in [0.5, 0.6) is 0 Å². The molecule has 0 saturated carbocycles. The van der Waals surface area contributed by atoms with Crippen molar-refractivity contribution in [3.8, 4) is 0 Å². The number of ether oxygens (including phenoxy) is 1. The van der Waals surface area contributed by atoms with Gasteiger partial charge in [0.15, 0.2) is 5.16 Å². The van der Waals surface area contributed by atoms with E-state index in [9.17, 15) is 9.59 Å². The molecule has 0 aliphatic heterocycles. The molecule has 1 amide bonds. The van der Waals surface area contributed by atoms with Gasteiger partial charge in [0.2, 0.25) is 5.91 Å². The van der Waals surface area contributed by atoms with Gasteiger partial charge in [-0.1, -0.05) is 29.4 Å². The molecule has 1 aromatic heterocycles. The molecule has 8 heteroatoms. The first kappa shape index (κ1) is 18.3. The minimum absolute atomic E-state index is 0.178. The van der Waals surface area contributed by atoms with E-state index in [-0.39, 0.29) is 11.7 Å². The minimum Gasteiger partial charge on any atom is -0.462 e. The summed E-state index contributed by atoms with van der Waals surface area (Å²) in [6, 6.07) is 12.0. The summed E-state index contributed by atoms with van der Waals surface area (Å²) in [5.41, 5.74) is 2.55. The number of H-pyrrole nitrogens is 1. The van der Waals surface area contributed by atoms with E-state index in [2.05, 4.69) is 15.3 Å². The molecule has 0 aliphatic rings. The van der Waals surface area contributed by atoms with E-state index < -0.39 is 5.97 Å². The summed E-state index contributed by atoms with van der Waals surface area (Å²) in [5.74, 6) is -0.439. The van der Waals surface area contributed by atoms with Gasteiger partial charge in [-0.25, -0.2) is 9.78 Å². The van der Waals surface area contributed by atoms with E-state index in [1.165, 1.54) is 11.8 Å². The minimum atomic E-state index is -0.418. The van der Waals surface area contributed by atoms with Gasteiger partial charge in [-0.15, -0.1) is 0 Å². The number of nitrogens with zero attached hydrogens (tertiary/aromatic N) is 1. The SMILES string of the molecule is CCOC(=O)c1cccc(NC(=O)CSc2nc3ccc(Cl)cc3[nH]2)c1. The lowest BCUT2D eigenvalue weighted by molar-refractivity contribution is -0.113. The number of aromatic nitrogens is 2. The smallest absolute Gasteiger partial charge is 0.338 e. The van der Waals surface area contributed by atoms with Crippen molar-refractivity contribution in [3.05, 3.63) is 53.1 Å². The van der Waals surface area contributed by atoms with E-state index in [1.807, 2.05) is 6.07 Å². The fraction of sp³-hybridized carbons (Fsp3) is 0.167. The van der Waals surface area contributed by atoms with Gasteiger partial charge in [0.25, 0.3) is 0 Å². The Labute approximate surface area is 159 Å². The molecule has 134 valence electrons. The standard InChI is InChI=1S/C18H16ClN3O3S/c1-2-25-17(24)11-4-3-5-13(8-11)20-16(23)10-26-18-21-14-7-6-12(19)9-15(14)22-18/h3-9H,2,10H2,1H3,(H,20,23)(H,21,22). The number of hydrogen-bond donors (Lipinski definition) is 2. The third-order valence-corrected chi connectivity index (χ3v) is 4.53. The Morgan fingerprint density at radius 1 is 1.27 bits per heavy atom. The Morgan fingerprint density at radius 3 is 2.92 bits per heavy atom. The second kappa shape index (κ2) is 8.25. The summed E-state index contributed by atoms with van der Waals surface area (Å²) in [6.07, 6.45) is 0. The zero-order valence-electron chi connectivity index (χ0n) is 13.9. The van der Waals surface area contributed by atoms with Gasteiger partial charge < -0.3 is 15.0 Å². The fourth-order valence-electron chi connectivity index (χ4n) is 2.30. The molecule has 3 aromatic rings. The summed E-state index contributed by atoms with van der Waals surface area (Å²) in [7, 11) is 0. The fourth-order valence-corrected chi connectivity index (χ4v) is 3.15. The highest BCUT2D eigenvalue weighted by Crippen LogP contribution is 2.22. The molecule has 0 saturated heterocycles. The summed E-state index contributed by atoms with van der Waals surface area (Å²) in [4.78, 5) is 31.4. The number of imidazole rings is 1. The van der Waals surface area contributed by atoms with Crippen molar-refractivity contribution in [2.75, 3.05) is 17.7 Å². The van der Waals surface area contributed by atoms with Gasteiger partial charge in [0, 0.05) is 10.7 Å². The Balaban J connectivity index is 1.60. The molecule has 0 bridgehead atoms. The predicted molar refractivity (Wildman–Crippen MR) is 103 cm³/mol. The van der Waals surface area contributed by atoms with Gasteiger partial charge in [0.05, 0.1) is 29.0 Å². The molecular weight excluding hydrogens is 374 g/mol. The molecule has 2 N–H and O–H groups in total. The maximum Gasteiger partial charge on any atom is 0.338 e. The number of nitrogens with one attached hydrogen (secondary N) is 2. The number of carbonyl (C=O) groups is 2. The molecule has 0 spiro atoms. The third kappa shape index (κ3) is 4.56. The molecule has 0 radical (unpaired) electrons. The number of thioether (sulfide) groups is 1. The van der Waals surface area contributed by atoms with Crippen LogP contribution >= 0.6 is 23.4 Å². The average Bonchev–Trinajstić information content (AvgIpc) is 3.02. The van der Waals surface area contributed by atoms with Gasteiger partial charge >= 0.3 is 5.97 Å². The van der Waals surface area contributed by atoms with Crippen LogP contribution in [0.3, 0.4) is 0 Å². The Morgan fingerprint density at radius 2 is 2.12 bits per heavy atom. The Bertz CT molecular complexity index is 958. The number of anilines is 1. The zero-order chi connectivity index (χ0) is 18.5. The number of halogens is 1. The van der Waals surface area contributed by atoms with Crippen molar-refractivity contribution < 1.29 is 14.3 Å². The van der Waals surface area contributed by atoms with Crippen molar-refractivity contribution in [1.82, 2.24) is 9.97 Å². The molecule has 0 unspecified atom stereocenters. The van der Waals surface area contributed by atoms with E-state index in [0.717, 1.165) is 11.0 Å². The molecule has 0 fully saturated rings. The number of fused-ring (bicyclic) bond motifs is 1. The molecule has 6 nitrogen and oxygen atoms in total. The quantitative estimate of drug-likeness (QED) is 0.489. The van der Waals surface area contributed by atoms with Crippen molar-refractivity contribution in [2.45, 2.75) is 12.1 Å². The number of hydrogen-bond acceptors (Lipinski definition) is 5. The molecule has 3 rings (SSSR count). The molecule has 1 heterocycles. The summed E-state index contributed by atoms with van der Waals surface area (Å²) < 4.78 is 4.95. The van der Waals surface area contributed by atoms with E-state index >= 15 is 0 Å². The van der Waals surface area contributed by atoms with Crippen molar-refractivity contribution >= 4 is 52.0 Å². The Kier molecular flexibility index (Phi) is 5.80. The lowest BCUT2D eigenvalue weighted by Gasteiger charge is -2.06. The van der Waals surface area contributed by atoms with Crippen LogP contribution in [0.1, 0.15) is 17.3 Å². The maximum atomic E-state index is 12.2. The highest BCUT2D eigenvalue weighted by atomic mass is 35.5. The first-order valence-electron chi connectivity index (χ1n) is 7.90. The first-order valence-corrected chi connectivity index (χ1v) is 9.26. The van der Waals surface area contributed by atoms with Crippen LogP contribution in [0.2, 0.25) is 5.02 Å². The lowest BCUT2D eigenvalue weighted by atomic mass is 10.2. The largest absolute Gasteiger partial charge is 0.462 e. The molecule has 0 atom stereocenters. The normalized spacial score (nSPS) is 10.7. The maximum absolute atomic E-state index is 12.2. The van der Waals surface area contributed by atoms with Crippen LogP contribution < -0.4 is 5.32 Å². The number of benzene rings is 2. The topological polar surface area (TPSA) is 84.1 Å². The first-order chi connectivity index (χ1) is 12.5. The van der Waals surface area contributed by atoms with Crippen molar-refractivity contribution in [2.24, 2.45) is 0 Å². The second-order valence-electron chi connectivity index (χ2n) is 5.34. The van der Waals surface area contributed by atoms with Crippen LogP contribution in [0.4, 0.5) is 5.69 Å². The van der Waals surface area contributed by atoms with Gasteiger partial charge in [-0.3, -0.25) is 4.79 Å². The highest BCUT2D eigenvalue weighted by molar-refractivity contribution is 7.99. The van der Waals surface area contributed by atoms with Crippen LogP contribution in [0.25, 0.3) is 11.0 Å². The molecule has 2 aromatic carbocycles.